The molecule has 2 aliphatic rings. The fourth-order valence-electron chi connectivity index (χ4n) is 10.8. The van der Waals surface area contributed by atoms with E-state index in [4.69, 9.17) is 4.74 Å². The van der Waals surface area contributed by atoms with Crippen LogP contribution in [0.5, 0.6) is 5.75 Å². The average Bonchev–Trinajstić information content (AvgIpc) is 3.73. The van der Waals surface area contributed by atoms with Crippen molar-refractivity contribution >= 4 is 16.9 Å². The summed E-state index contributed by atoms with van der Waals surface area (Å²) in [6, 6.07) is 96.4. The third-order valence-corrected chi connectivity index (χ3v) is 14.0. The molecule has 0 bridgehead atoms. The maximum absolute atomic E-state index is 7.18. The van der Waals surface area contributed by atoms with Gasteiger partial charge in [0.2, 0.25) is 0 Å². The van der Waals surface area contributed by atoms with Gasteiger partial charge >= 0.3 is 0 Å². The molecule has 328 valence electrons. The zero-order valence-electron chi connectivity index (χ0n) is 38.2. The number of fused-ring (bicyclic) bond motifs is 3. The van der Waals surface area contributed by atoms with Crippen LogP contribution >= 0.6 is 0 Å². The highest BCUT2D eigenvalue weighted by Gasteiger charge is 2.46. The maximum atomic E-state index is 7.18. The van der Waals surface area contributed by atoms with Crippen molar-refractivity contribution in [3.63, 3.8) is 0 Å². The molecule has 69 heavy (non-hydrogen) atoms. The van der Waals surface area contributed by atoms with Gasteiger partial charge in [0.1, 0.15) is 11.5 Å². The number of nitrogens with zero attached hydrogens (tertiary/aromatic N) is 1. The first-order chi connectivity index (χ1) is 34.2. The van der Waals surface area contributed by atoms with Gasteiger partial charge in [-0.2, -0.15) is 0 Å². The van der Waals surface area contributed by atoms with Gasteiger partial charge in [-0.05, 0) is 115 Å². The van der Waals surface area contributed by atoms with E-state index in [0.29, 0.717) is 6.42 Å². The summed E-state index contributed by atoms with van der Waals surface area (Å²) >= 11 is 0. The Kier molecular flexibility index (Phi) is 11.0. The SMILES string of the molecule is C1=C(c2ccccc2)CC(N(c2ccc3c(c2)-c2ccccc2C3(c2ccccc2)c2ccccc2)c2ccc(-c3ccccc3)cc2-c2ccccc2)C(Oc2ccc(-c3ccccc3)cc2)=C1. The lowest BCUT2D eigenvalue weighted by Crippen LogP contribution is -2.36. The van der Waals surface area contributed by atoms with E-state index in [2.05, 4.69) is 284 Å². The van der Waals surface area contributed by atoms with Gasteiger partial charge in [0.05, 0.1) is 11.5 Å². The molecule has 0 N–H and O–H groups in total. The van der Waals surface area contributed by atoms with Crippen molar-refractivity contribution in [1.29, 1.82) is 0 Å². The number of ether oxygens (including phenoxy) is 1. The number of benzene rings is 10. The zero-order chi connectivity index (χ0) is 46.0. The van der Waals surface area contributed by atoms with Crippen LogP contribution in [0.4, 0.5) is 11.4 Å². The number of rotatable bonds is 11. The van der Waals surface area contributed by atoms with Crippen LogP contribution in [0.25, 0.3) is 50.1 Å². The first-order valence-corrected chi connectivity index (χ1v) is 23.9. The molecule has 0 aliphatic heterocycles. The van der Waals surface area contributed by atoms with Gasteiger partial charge in [-0.15, -0.1) is 0 Å². The monoisotopic (exact) mass is 883 g/mol. The Morgan fingerprint density at radius 3 is 1.48 bits per heavy atom. The zero-order valence-corrected chi connectivity index (χ0v) is 38.2. The Morgan fingerprint density at radius 1 is 0.362 bits per heavy atom. The summed E-state index contributed by atoms with van der Waals surface area (Å²) in [5, 5.41) is 0. The topological polar surface area (TPSA) is 12.5 Å². The molecule has 10 aromatic rings. The molecule has 2 heteroatoms. The van der Waals surface area contributed by atoms with Crippen LogP contribution in [0.1, 0.15) is 34.2 Å². The van der Waals surface area contributed by atoms with Crippen molar-refractivity contribution in [1.82, 2.24) is 0 Å². The van der Waals surface area contributed by atoms with E-state index in [0.717, 1.165) is 45.1 Å². The van der Waals surface area contributed by atoms with E-state index in [9.17, 15) is 0 Å². The fraction of sp³-hybridized carbons (Fsp3) is 0.0448. The van der Waals surface area contributed by atoms with Gasteiger partial charge < -0.3 is 9.64 Å². The van der Waals surface area contributed by atoms with E-state index >= 15 is 0 Å². The van der Waals surface area contributed by atoms with E-state index in [1.165, 1.54) is 55.6 Å². The van der Waals surface area contributed by atoms with Crippen LogP contribution in [0.3, 0.4) is 0 Å². The normalized spacial score (nSPS) is 14.5. The van der Waals surface area contributed by atoms with Crippen LogP contribution in [0.2, 0.25) is 0 Å². The number of allylic oxidation sites excluding steroid dienone is 2. The highest BCUT2D eigenvalue weighted by molar-refractivity contribution is 5.92. The molecule has 0 fully saturated rings. The molecule has 2 nitrogen and oxygen atoms in total. The third kappa shape index (κ3) is 7.67. The first kappa shape index (κ1) is 41.7. The Labute approximate surface area is 405 Å². The van der Waals surface area contributed by atoms with Crippen LogP contribution in [-0.4, -0.2) is 6.04 Å². The van der Waals surface area contributed by atoms with Crippen molar-refractivity contribution < 1.29 is 4.74 Å². The summed E-state index contributed by atoms with van der Waals surface area (Å²) in [5.74, 6) is 1.67. The predicted molar refractivity (Wildman–Crippen MR) is 287 cm³/mol. The molecule has 0 spiro atoms. The van der Waals surface area contributed by atoms with Gasteiger partial charge in [0, 0.05) is 23.4 Å². The molecular weight excluding hydrogens is 835 g/mol. The Hall–Kier alpha value is -8.72. The van der Waals surface area contributed by atoms with Crippen LogP contribution in [0, 0.1) is 0 Å². The second-order valence-electron chi connectivity index (χ2n) is 17.9. The summed E-state index contributed by atoms with van der Waals surface area (Å²) in [6.07, 6.45) is 5.16. The first-order valence-electron chi connectivity index (χ1n) is 23.9. The largest absolute Gasteiger partial charge is 0.460 e. The minimum atomic E-state index is -0.515. The van der Waals surface area contributed by atoms with Gasteiger partial charge in [0.15, 0.2) is 0 Å². The highest BCUT2D eigenvalue weighted by Crippen LogP contribution is 2.57. The van der Waals surface area contributed by atoms with E-state index < -0.39 is 5.41 Å². The van der Waals surface area contributed by atoms with Crippen LogP contribution in [0.15, 0.2) is 285 Å². The Bertz CT molecular complexity index is 3420. The van der Waals surface area contributed by atoms with E-state index in [1.807, 2.05) is 0 Å². The summed E-state index contributed by atoms with van der Waals surface area (Å²) in [5.41, 5.74) is 18.6. The fourth-order valence-corrected chi connectivity index (χ4v) is 10.8. The molecule has 12 rings (SSSR count). The standard InChI is InChI=1S/C67H49NO/c1-7-21-48(22-8-1)51-35-40-58(41-36-51)69-66-44-38-54(50-25-11-3-12-26-50)46-65(66)68(64-43-37-53(49-23-9-2-10-24-49)45-60(64)52-27-13-4-14-28-52)57-39-42-63-61(47-57)59-33-19-20-34-62(59)67(63,55-29-15-5-16-30-55)56-31-17-6-18-32-56/h1-45,47,65H,46H2. The van der Waals surface area contributed by atoms with Crippen molar-refractivity contribution in [3.8, 4) is 50.3 Å². The van der Waals surface area contributed by atoms with E-state index in [1.54, 1.807) is 0 Å². The third-order valence-electron chi connectivity index (χ3n) is 14.0. The predicted octanol–water partition coefficient (Wildman–Crippen LogP) is 17.0. The van der Waals surface area contributed by atoms with Gasteiger partial charge in [0.25, 0.3) is 0 Å². The molecule has 1 atom stereocenters. The lowest BCUT2D eigenvalue weighted by molar-refractivity contribution is 0.380. The molecule has 0 amide bonds. The molecule has 10 aromatic carbocycles. The lowest BCUT2D eigenvalue weighted by atomic mass is 9.68. The second-order valence-corrected chi connectivity index (χ2v) is 17.9. The molecule has 0 saturated carbocycles. The number of hydrogen-bond acceptors (Lipinski definition) is 2. The summed E-state index contributed by atoms with van der Waals surface area (Å²) in [4.78, 5) is 2.56. The van der Waals surface area contributed by atoms with Crippen molar-refractivity contribution in [2.75, 3.05) is 4.90 Å². The maximum Gasteiger partial charge on any atom is 0.127 e. The van der Waals surface area contributed by atoms with Crippen molar-refractivity contribution in [3.05, 3.63) is 313 Å². The quantitative estimate of drug-likeness (QED) is 0.128. The van der Waals surface area contributed by atoms with Crippen LogP contribution < -0.4 is 9.64 Å². The lowest BCUT2D eigenvalue weighted by Gasteiger charge is -2.39. The van der Waals surface area contributed by atoms with Crippen LogP contribution in [-0.2, 0) is 5.41 Å². The molecule has 0 heterocycles. The summed E-state index contributed by atoms with van der Waals surface area (Å²) < 4.78 is 7.18. The summed E-state index contributed by atoms with van der Waals surface area (Å²) in [7, 11) is 0. The molecule has 0 saturated heterocycles. The number of anilines is 2. The van der Waals surface area contributed by atoms with Gasteiger partial charge in [-0.1, -0.05) is 237 Å². The Morgan fingerprint density at radius 2 is 0.855 bits per heavy atom. The highest BCUT2D eigenvalue weighted by atomic mass is 16.5. The molecule has 1 unspecified atom stereocenters. The number of hydrogen-bond donors (Lipinski definition) is 0. The molecule has 0 aromatic heterocycles. The van der Waals surface area contributed by atoms with Gasteiger partial charge in [-0.3, -0.25) is 0 Å². The minimum Gasteiger partial charge on any atom is -0.460 e. The van der Waals surface area contributed by atoms with Crippen molar-refractivity contribution in [2.24, 2.45) is 0 Å². The minimum absolute atomic E-state index is 0.244. The molecular formula is C67H49NO. The Balaban J connectivity index is 1.09. The van der Waals surface area contributed by atoms with E-state index in [-0.39, 0.29) is 6.04 Å². The second kappa shape index (κ2) is 18.2. The summed E-state index contributed by atoms with van der Waals surface area (Å²) in [6.45, 7) is 0. The van der Waals surface area contributed by atoms with Crippen molar-refractivity contribution in [2.45, 2.75) is 17.9 Å². The molecule has 2 aliphatic carbocycles. The smallest absolute Gasteiger partial charge is 0.127 e. The molecule has 0 radical (unpaired) electrons. The van der Waals surface area contributed by atoms with Gasteiger partial charge in [-0.25, -0.2) is 0 Å². The average molecular weight is 884 g/mol.